The molecule has 11 aromatic rings. The lowest BCUT2D eigenvalue weighted by molar-refractivity contribution is 1.17. The quantitative estimate of drug-likeness (QED) is 0.187. The number of benzene rings is 7. The zero-order valence-electron chi connectivity index (χ0n) is 27.4. The minimum Gasteiger partial charge on any atom is -0.309 e. The molecule has 0 aliphatic carbocycles. The highest BCUT2D eigenvalue weighted by Gasteiger charge is 2.20. The first kappa shape index (κ1) is 28.3. The van der Waals surface area contributed by atoms with Gasteiger partial charge in [-0.25, -0.2) is 9.97 Å². The van der Waals surface area contributed by atoms with Crippen molar-refractivity contribution >= 4 is 75.3 Å². The van der Waals surface area contributed by atoms with Crippen molar-refractivity contribution in [1.82, 2.24) is 19.1 Å². The van der Waals surface area contributed by atoms with Gasteiger partial charge in [-0.15, -0.1) is 11.3 Å². The number of thiophene rings is 1. The van der Waals surface area contributed by atoms with Crippen LogP contribution in [0.1, 0.15) is 0 Å². The van der Waals surface area contributed by atoms with Gasteiger partial charge in [0.15, 0.2) is 5.82 Å². The predicted molar refractivity (Wildman–Crippen MR) is 214 cm³/mol. The molecule has 4 heterocycles. The van der Waals surface area contributed by atoms with E-state index in [0.29, 0.717) is 0 Å². The first-order valence-corrected chi connectivity index (χ1v) is 18.0. The standard InChI is InChI=1S/C46H28N4S/c1-2-14-31(15-3-1)49-38-21-8-6-19-35(38)36-26-25-30(28-41(36)49)46-47-43(45-44(48-46)37-20-7-11-24-42(37)51-45)29-13-12-16-32(27-29)50-39-22-9-4-17-33(39)34-18-5-10-23-40(34)50/h1-28H. The summed E-state index contributed by atoms with van der Waals surface area (Å²) in [6.45, 7) is 0. The van der Waals surface area contributed by atoms with Crippen LogP contribution >= 0.6 is 11.3 Å². The molecule has 238 valence electrons. The molecular formula is C46H28N4S. The van der Waals surface area contributed by atoms with E-state index in [1.807, 2.05) is 0 Å². The van der Waals surface area contributed by atoms with E-state index in [1.165, 1.54) is 42.8 Å². The summed E-state index contributed by atoms with van der Waals surface area (Å²) in [6, 6.07) is 60.6. The van der Waals surface area contributed by atoms with Crippen LogP contribution < -0.4 is 0 Å². The Balaban J connectivity index is 1.16. The van der Waals surface area contributed by atoms with Gasteiger partial charge in [0.05, 0.1) is 38.0 Å². The van der Waals surface area contributed by atoms with Gasteiger partial charge in [-0.05, 0) is 54.6 Å². The minimum atomic E-state index is 0.718. The molecule has 0 saturated carbocycles. The molecule has 0 N–H and O–H groups in total. The van der Waals surface area contributed by atoms with E-state index in [2.05, 4.69) is 179 Å². The Morgan fingerprint density at radius 1 is 0.392 bits per heavy atom. The second kappa shape index (κ2) is 11.0. The van der Waals surface area contributed by atoms with E-state index >= 15 is 0 Å². The van der Waals surface area contributed by atoms with Crippen LogP contribution in [-0.2, 0) is 0 Å². The smallest absolute Gasteiger partial charge is 0.160 e. The highest BCUT2D eigenvalue weighted by atomic mass is 32.1. The number of fused-ring (bicyclic) bond motifs is 9. The lowest BCUT2D eigenvalue weighted by Gasteiger charge is -2.12. The maximum atomic E-state index is 5.43. The molecular weight excluding hydrogens is 641 g/mol. The summed E-state index contributed by atoms with van der Waals surface area (Å²) in [5.74, 6) is 0.718. The van der Waals surface area contributed by atoms with Crippen molar-refractivity contribution in [1.29, 1.82) is 0 Å². The Morgan fingerprint density at radius 3 is 1.67 bits per heavy atom. The first-order valence-electron chi connectivity index (χ1n) is 17.2. The Hall–Kier alpha value is -6.56. The summed E-state index contributed by atoms with van der Waals surface area (Å²) in [4.78, 5) is 10.7. The summed E-state index contributed by atoms with van der Waals surface area (Å²) >= 11 is 1.76. The second-order valence-corrected chi connectivity index (χ2v) is 14.1. The van der Waals surface area contributed by atoms with Gasteiger partial charge in [-0.1, -0.05) is 115 Å². The molecule has 7 aromatic carbocycles. The van der Waals surface area contributed by atoms with Gasteiger partial charge in [0.1, 0.15) is 0 Å². The molecule has 5 heteroatoms. The molecule has 4 nitrogen and oxygen atoms in total. The fourth-order valence-corrected chi connectivity index (χ4v) is 9.03. The Labute approximate surface area is 297 Å². The maximum absolute atomic E-state index is 5.43. The maximum Gasteiger partial charge on any atom is 0.160 e. The fraction of sp³-hybridized carbons (Fsp3) is 0. The molecule has 0 atom stereocenters. The molecule has 0 aliphatic rings. The largest absolute Gasteiger partial charge is 0.309 e. The number of hydrogen-bond donors (Lipinski definition) is 0. The molecule has 11 rings (SSSR count). The van der Waals surface area contributed by atoms with E-state index in [4.69, 9.17) is 9.97 Å². The lowest BCUT2D eigenvalue weighted by atomic mass is 10.1. The molecule has 0 saturated heterocycles. The normalized spacial score (nSPS) is 11.9. The third-order valence-electron chi connectivity index (χ3n) is 10.1. The monoisotopic (exact) mass is 668 g/mol. The molecule has 51 heavy (non-hydrogen) atoms. The van der Waals surface area contributed by atoms with E-state index in [9.17, 15) is 0 Å². The first-order chi connectivity index (χ1) is 25.3. The Morgan fingerprint density at radius 2 is 0.961 bits per heavy atom. The minimum absolute atomic E-state index is 0.718. The summed E-state index contributed by atoms with van der Waals surface area (Å²) in [5, 5.41) is 6.08. The van der Waals surface area contributed by atoms with Crippen LogP contribution in [0.4, 0.5) is 0 Å². The Kier molecular flexibility index (Phi) is 6.09. The third-order valence-corrected chi connectivity index (χ3v) is 11.3. The molecule has 4 aromatic heterocycles. The number of hydrogen-bond acceptors (Lipinski definition) is 3. The van der Waals surface area contributed by atoms with Crippen molar-refractivity contribution in [3.8, 4) is 34.0 Å². The number of aromatic nitrogens is 4. The highest BCUT2D eigenvalue weighted by molar-refractivity contribution is 7.26. The average Bonchev–Trinajstić information content (AvgIpc) is 3.85. The highest BCUT2D eigenvalue weighted by Crippen LogP contribution is 2.41. The molecule has 0 aliphatic heterocycles. The summed E-state index contributed by atoms with van der Waals surface area (Å²) < 4.78 is 7.02. The molecule has 0 radical (unpaired) electrons. The van der Waals surface area contributed by atoms with Crippen LogP contribution in [0.2, 0.25) is 0 Å². The van der Waals surface area contributed by atoms with Crippen molar-refractivity contribution in [3.63, 3.8) is 0 Å². The molecule has 0 unspecified atom stereocenters. The van der Waals surface area contributed by atoms with Gasteiger partial charge in [0.2, 0.25) is 0 Å². The Bertz CT molecular complexity index is 3090. The van der Waals surface area contributed by atoms with Crippen molar-refractivity contribution < 1.29 is 0 Å². The molecule has 0 spiro atoms. The van der Waals surface area contributed by atoms with Gasteiger partial charge in [0, 0.05) is 54.1 Å². The van der Waals surface area contributed by atoms with Gasteiger partial charge in [0.25, 0.3) is 0 Å². The van der Waals surface area contributed by atoms with E-state index < -0.39 is 0 Å². The number of nitrogens with zero attached hydrogens (tertiary/aromatic N) is 4. The van der Waals surface area contributed by atoms with Crippen molar-refractivity contribution in [2.24, 2.45) is 0 Å². The van der Waals surface area contributed by atoms with Gasteiger partial charge < -0.3 is 9.13 Å². The van der Waals surface area contributed by atoms with Crippen LogP contribution in [0.25, 0.3) is 97.9 Å². The molecule has 0 bridgehead atoms. The summed E-state index contributed by atoms with van der Waals surface area (Å²) in [6.07, 6.45) is 0. The zero-order valence-corrected chi connectivity index (χ0v) is 28.2. The van der Waals surface area contributed by atoms with Crippen molar-refractivity contribution in [2.75, 3.05) is 0 Å². The second-order valence-electron chi connectivity index (χ2n) is 13.0. The van der Waals surface area contributed by atoms with Crippen LogP contribution in [-0.4, -0.2) is 19.1 Å². The van der Waals surface area contributed by atoms with Crippen LogP contribution in [0.15, 0.2) is 170 Å². The number of para-hydroxylation sites is 4. The lowest BCUT2D eigenvalue weighted by Crippen LogP contribution is -1.97. The van der Waals surface area contributed by atoms with E-state index in [1.54, 1.807) is 11.3 Å². The predicted octanol–water partition coefficient (Wildman–Crippen LogP) is 12.4. The average molecular weight is 669 g/mol. The molecule has 0 fully saturated rings. The fourth-order valence-electron chi connectivity index (χ4n) is 7.87. The van der Waals surface area contributed by atoms with Gasteiger partial charge in [-0.3, -0.25) is 0 Å². The van der Waals surface area contributed by atoms with Crippen LogP contribution in [0.5, 0.6) is 0 Å². The van der Waals surface area contributed by atoms with Crippen molar-refractivity contribution in [2.45, 2.75) is 0 Å². The topological polar surface area (TPSA) is 35.6 Å². The van der Waals surface area contributed by atoms with E-state index in [0.717, 1.165) is 55.1 Å². The molecule has 0 amide bonds. The van der Waals surface area contributed by atoms with Crippen LogP contribution in [0, 0.1) is 0 Å². The van der Waals surface area contributed by atoms with Crippen molar-refractivity contribution in [3.05, 3.63) is 170 Å². The van der Waals surface area contributed by atoms with Crippen LogP contribution in [0.3, 0.4) is 0 Å². The summed E-state index contributed by atoms with van der Waals surface area (Å²) in [7, 11) is 0. The van der Waals surface area contributed by atoms with E-state index in [-0.39, 0.29) is 0 Å². The third kappa shape index (κ3) is 4.25. The summed E-state index contributed by atoms with van der Waals surface area (Å²) in [5.41, 5.74) is 10.9. The zero-order chi connectivity index (χ0) is 33.5. The van der Waals surface area contributed by atoms with Gasteiger partial charge >= 0.3 is 0 Å². The number of rotatable bonds is 4. The van der Waals surface area contributed by atoms with Gasteiger partial charge in [-0.2, -0.15) is 0 Å². The SMILES string of the molecule is c1ccc(-n2c3ccccc3c3ccc(-c4nc(-c5cccc(-n6c7ccccc7c7ccccc76)c5)c5sc6ccccc6c5n4)cc32)cc1.